The van der Waals surface area contributed by atoms with E-state index < -0.39 is 0 Å². The van der Waals surface area contributed by atoms with E-state index >= 15 is 0 Å². The SMILES string of the molecule is O=C(Nc1cc(N2CCN(Cc3ccccc3)CC2)ncn1)c1ccc(=O)[nH]c1. The number of carbonyl (C=O) groups excluding carboxylic acids is 1. The van der Waals surface area contributed by atoms with Gasteiger partial charge in [-0.15, -0.1) is 0 Å². The summed E-state index contributed by atoms with van der Waals surface area (Å²) in [6.07, 6.45) is 2.83. The zero-order valence-electron chi connectivity index (χ0n) is 15.9. The Balaban J connectivity index is 1.36. The fourth-order valence-electron chi connectivity index (χ4n) is 3.31. The summed E-state index contributed by atoms with van der Waals surface area (Å²) in [5.41, 5.74) is 1.42. The largest absolute Gasteiger partial charge is 0.354 e. The highest BCUT2D eigenvalue weighted by Crippen LogP contribution is 2.17. The lowest BCUT2D eigenvalue weighted by molar-refractivity contribution is 0.102. The molecule has 0 spiro atoms. The summed E-state index contributed by atoms with van der Waals surface area (Å²) in [5, 5.41) is 2.75. The van der Waals surface area contributed by atoms with Crippen molar-refractivity contribution in [1.29, 1.82) is 0 Å². The van der Waals surface area contributed by atoms with Crippen molar-refractivity contribution < 1.29 is 4.79 Å². The van der Waals surface area contributed by atoms with E-state index in [4.69, 9.17) is 0 Å². The summed E-state index contributed by atoms with van der Waals surface area (Å²) in [6.45, 7) is 4.54. The smallest absolute Gasteiger partial charge is 0.258 e. The van der Waals surface area contributed by atoms with Gasteiger partial charge in [-0.1, -0.05) is 30.3 Å². The van der Waals surface area contributed by atoms with Gasteiger partial charge in [0.15, 0.2) is 0 Å². The molecule has 8 heteroatoms. The van der Waals surface area contributed by atoms with Gasteiger partial charge in [0, 0.05) is 51.1 Å². The molecule has 2 N–H and O–H groups in total. The number of benzene rings is 1. The van der Waals surface area contributed by atoms with Gasteiger partial charge in [-0.05, 0) is 11.6 Å². The summed E-state index contributed by atoms with van der Waals surface area (Å²) in [4.78, 5) is 39.0. The molecule has 3 aromatic rings. The maximum atomic E-state index is 12.3. The monoisotopic (exact) mass is 390 g/mol. The lowest BCUT2D eigenvalue weighted by Gasteiger charge is -2.35. The number of nitrogens with one attached hydrogen (secondary N) is 2. The number of amides is 1. The number of nitrogens with zero attached hydrogens (tertiary/aromatic N) is 4. The zero-order chi connectivity index (χ0) is 20.1. The fourth-order valence-corrected chi connectivity index (χ4v) is 3.31. The molecule has 0 saturated carbocycles. The molecule has 1 aliphatic heterocycles. The van der Waals surface area contributed by atoms with Crippen LogP contribution in [0.2, 0.25) is 0 Å². The molecule has 1 aliphatic rings. The Hall–Kier alpha value is -3.52. The first kappa shape index (κ1) is 18.8. The van der Waals surface area contributed by atoms with Crippen molar-refractivity contribution >= 4 is 17.5 Å². The highest BCUT2D eigenvalue weighted by Gasteiger charge is 2.19. The van der Waals surface area contributed by atoms with Crippen molar-refractivity contribution in [3.05, 3.63) is 82.5 Å². The predicted molar refractivity (Wildman–Crippen MR) is 111 cm³/mol. The van der Waals surface area contributed by atoms with Crippen molar-refractivity contribution in [2.75, 3.05) is 36.4 Å². The molecule has 29 heavy (non-hydrogen) atoms. The normalized spacial score (nSPS) is 14.6. The second-order valence-electron chi connectivity index (χ2n) is 6.91. The minimum absolute atomic E-state index is 0.253. The number of rotatable bonds is 5. The number of hydrogen-bond donors (Lipinski definition) is 2. The molecule has 8 nitrogen and oxygen atoms in total. The molecule has 4 rings (SSSR count). The lowest BCUT2D eigenvalue weighted by Crippen LogP contribution is -2.46. The van der Waals surface area contributed by atoms with Crippen LogP contribution in [0.4, 0.5) is 11.6 Å². The second kappa shape index (κ2) is 8.66. The van der Waals surface area contributed by atoms with Gasteiger partial charge in [0.25, 0.3) is 5.91 Å². The molecule has 0 radical (unpaired) electrons. The van der Waals surface area contributed by atoms with Crippen molar-refractivity contribution in [3.8, 4) is 0 Å². The van der Waals surface area contributed by atoms with Crippen molar-refractivity contribution in [1.82, 2.24) is 19.9 Å². The summed E-state index contributed by atoms with van der Waals surface area (Å²) in [5.74, 6) is 0.882. The van der Waals surface area contributed by atoms with Gasteiger partial charge in [0.05, 0.1) is 5.56 Å². The average molecular weight is 390 g/mol. The van der Waals surface area contributed by atoms with Gasteiger partial charge in [-0.25, -0.2) is 9.97 Å². The maximum absolute atomic E-state index is 12.3. The number of aromatic amines is 1. The maximum Gasteiger partial charge on any atom is 0.258 e. The fraction of sp³-hybridized carbons (Fsp3) is 0.238. The van der Waals surface area contributed by atoms with Crippen molar-refractivity contribution in [2.24, 2.45) is 0 Å². The van der Waals surface area contributed by atoms with Crippen LogP contribution >= 0.6 is 0 Å². The van der Waals surface area contributed by atoms with Gasteiger partial charge in [-0.2, -0.15) is 0 Å². The van der Waals surface area contributed by atoms with Gasteiger partial charge >= 0.3 is 0 Å². The number of H-pyrrole nitrogens is 1. The Morgan fingerprint density at radius 2 is 1.83 bits per heavy atom. The molecule has 1 fully saturated rings. The van der Waals surface area contributed by atoms with Crippen LogP contribution in [0.1, 0.15) is 15.9 Å². The van der Waals surface area contributed by atoms with Crippen LogP contribution in [-0.2, 0) is 6.54 Å². The van der Waals surface area contributed by atoms with Crippen molar-refractivity contribution in [2.45, 2.75) is 6.54 Å². The van der Waals surface area contributed by atoms with E-state index in [1.807, 2.05) is 6.07 Å². The van der Waals surface area contributed by atoms with Crippen molar-refractivity contribution in [3.63, 3.8) is 0 Å². The molecule has 3 heterocycles. The van der Waals surface area contributed by atoms with Gasteiger partial charge in [0.1, 0.15) is 18.0 Å². The van der Waals surface area contributed by atoms with E-state index in [9.17, 15) is 9.59 Å². The first-order valence-electron chi connectivity index (χ1n) is 9.51. The van der Waals surface area contributed by atoms with Crippen LogP contribution in [0.15, 0.2) is 65.8 Å². The average Bonchev–Trinajstić information content (AvgIpc) is 2.76. The lowest BCUT2D eigenvalue weighted by atomic mass is 10.2. The molecule has 0 bridgehead atoms. The van der Waals surface area contributed by atoms with Gasteiger partial charge < -0.3 is 15.2 Å². The van der Waals surface area contributed by atoms with Crippen LogP contribution in [0.3, 0.4) is 0 Å². The Morgan fingerprint density at radius 3 is 2.55 bits per heavy atom. The zero-order valence-corrected chi connectivity index (χ0v) is 15.9. The number of piperazine rings is 1. The van der Waals surface area contributed by atoms with E-state index in [1.165, 1.54) is 30.2 Å². The standard InChI is InChI=1S/C21H22N6O2/c28-20-7-6-17(13-22-20)21(29)25-18-12-19(24-15-23-18)27-10-8-26(9-11-27)14-16-4-2-1-3-5-16/h1-7,12-13,15H,8-11,14H2,(H,22,28)(H,23,24,25,29). The number of carbonyl (C=O) groups is 1. The highest BCUT2D eigenvalue weighted by atomic mass is 16.2. The molecule has 2 aromatic heterocycles. The number of hydrogen-bond acceptors (Lipinski definition) is 6. The van der Waals surface area contributed by atoms with E-state index in [2.05, 4.69) is 54.3 Å². The Morgan fingerprint density at radius 1 is 1.03 bits per heavy atom. The molecular weight excluding hydrogens is 368 g/mol. The summed E-state index contributed by atoms with van der Waals surface area (Å²) in [6, 6.07) is 15.0. The molecule has 0 aliphatic carbocycles. The van der Waals surface area contributed by atoms with Crippen LogP contribution < -0.4 is 15.8 Å². The predicted octanol–water partition coefficient (Wildman–Crippen LogP) is 1.74. The third-order valence-corrected chi connectivity index (χ3v) is 4.89. The number of aromatic nitrogens is 3. The van der Waals surface area contributed by atoms with Crippen LogP contribution in [0.25, 0.3) is 0 Å². The molecule has 1 saturated heterocycles. The second-order valence-corrected chi connectivity index (χ2v) is 6.91. The summed E-state index contributed by atoms with van der Waals surface area (Å²) in [7, 11) is 0. The summed E-state index contributed by atoms with van der Waals surface area (Å²) >= 11 is 0. The minimum atomic E-state index is -0.335. The minimum Gasteiger partial charge on any atom is -0.354 e. The highest BCUT2D eigenvalue weighted by molar-refractivity contribution is 6.03. The third kappa shape index (κ3) is 4.85. The first-order chi connectivity index (χ1) is 14.2. The van der Waals surface area contributed by atoms with Crippen LogP contribution in [0.5, 0.6) is 0 Å². The molecule has 0 atom stereocenters. The van der Waals surface area contributed by atoms with Crippen LogP contribution in [-0.4, -0.2) is 51.9 Å². The molecule has 0 unspecified atom stereocenters. The quantitative estimate of drug-likeness (QED) is 0.689. The molecule has 148 valence electrons. The molecular formula is C21H22N6O2. The molecule has 1 amide bonds. The van der Waals surface area contributed by atoms with E-state index in [1.54, 1.807) is 6.07 Å². The topological polar surface area (TPSA) is 94.2 Å². The summed E-state index contributed by atoms with van der Waals surface area (Å²) < 4.78 is 0. The third-order valence-electron chi connectivity index (χ3n) is 4.89. The number of pyridine rings is 1. The van der Waals surface area contributed by atoms with E-state index in [0.717, 1.165) is 38.5 Å². The Kier molecular flexibility index (Phi) is 5.62. The Bertz CT molecular complexity index is 1010. The first-order valence-corrected chi connectivity index (χ1v) is 9.51. The molecule has 1 aromatic carbocycles. The van der Waals surface area contributed by atoms with Gasteiger partial charge in [0.2, 0.25) is 5.56 Å². The number of anilines is 2. The Labute approximate surface area is 168 Å². The van der Waals surface area contributed by atoms with Crippen LogP contribution in [0, 0.1) is 0 Å². The van der Waals surface area contributed by atoms with Gasteiger partial charge in [-0.3, -0.25) is 14.5 Å². The van der Waals surface area contributed by atoms with E-state index in [0.29, 0.717) is 11.4 Å². The van der Waals surface area contributed by atoms with E-state index in [-0.39, 0.29) is 11.5 Å².